The van der Waals surface area contributed by atoms with Gasteiger partial charge in [0.25, 0.3) is 5.91 Å². The standard InChI is InChI=1S/C25H30BrN5O5/c1-15-6-7-17-20(21(15)26)22(25(33)31(17)14-30-10-8-29(2)9-11-30)27-28-24(32)16-12-18(34-3)23(36-5)19(13-16)35-4/h6-7,12-13,33H,8-11,14H2,1-5H3. The molecular weight excluding hydrogens is 530 g/mol. The van der Waals surface area contributed by atoms with Crippen molar-refractivity contribution in [3.63, 3.8) is 0 Å². The predicted molar refractivity (Wildman–Crippen MR) is 140 cm³/mol. The Labute approximate surface area is 218 Å². The Morgan fingerprint density at radius 1 is 1.06 bits per heavy atom. The van der Waals surface area contributed by atoms with Crippen molar-refractivity contribution in [2.75, 3.05) is 54.6 Å². The lowest BCUT2D eigenvalue weighted by molar-refractivity contribution is 0.0994. The molecule has 0 spiro atoms. The van der Waals surface area contributed by atoms with Crippen molar-refractivity contribution in [1.29, 1.82) is 0 Å². The summed E-state index contributed by atoms with van der Waals surface area (Å²) in [7, 11) is 6.53. The number of hydrogen-bond acceptors (Lipinski definition) is 8. The first-order chi connectivity index (χ1) is 17.3. The van der Waals surface area contributed by atoms with Crippen molar-refractivity contribution in [3.8, 4) is 23.1 Å². The fourth-order valence-electron chi connectivity index (χ4n) is 4.26. The molecule has 1 amide bonds. The highest BCUT2D eigenvalue weighted by Crippen LogP contribution is 2.44. The van der Waals surface area contributed by atoms with Crippen LogP contribution in [0.25, 0.3) is 10.9 Å². The Bertz CT molecular complexity index is 1290. The van der Waals surface area contributed by atoms with Crippen LogP contribution in [0.4, 0.5) is 5.69 Å². The summed E-state index contributed by atoms with van der Waals surface area (Å²) in [6.07, 6.45) is 0. The van der Waals surface area contributed by atoms with E-state index in [1.165, 1.54) is 33.5 Å². The predicted octanol–water partition coefficient (Wildman–Crippen LogP) is 4.57. The molecule has 10 nitrogen and oxygen atoms in total. The summed E-state index contributed by atoms with van der Waals surface area (Å²) in [4.78, 5) is 17.5. The maximum absolute atomic E-state index is 13.0. The van der Waals surface area contributed by atoms with E-state index in [9.17, 15) is 9.90 Å². The average molecular weight is 560 g/mol. The average Bonchev–Trinajstić information content (AvgIpc) is 3.15. The highest BCUT2D eigenvalue weighted by molar-refractivity contribution is 9.10. The van der Waals surface area contributed by atoms with Gasteiger partial charge in [-0.1, -0.05) is 6.07 Å². The van der Waals surface area contributed by atoms with Crippen LogP contribution in [0.15, 0.2) is 39.0 Å². The van der Waals surface area contributed by atoms with Gasteiger partial charge in [-0.15, -0.1) is 10.2 Å². The van der Waals surface area contributed by atoms with Crippen LogP contribution in [0.5, 0.6) is 23.1 Å². The number of aryl methyl sites for hydroxylation is 1. The molecule has 36 heavy (non-hydrogen) atoms. The maximum Gasteiger partial charge on any atom is 0.295 e. The molecule has 0 unspecified atom stereocenters. The number of fused-ring (bicyclic) bond motifs is 1. The molecule has 0 aliphatic carbocycles. The van der Waals surface area contributed by atoms with Gasteiger partial charge >= 0.3 is 0 Å². The van der Waals surface area contributed by atoms with Crippen molar-refractivity contribution in [2.45, 2.75) is 13.6 Å². The van der Waals surface area contributed by atoms with Crippen LogP contribution in [0.3, 0.4) is 0 Å². The van der Waals surface area contributed by atoms with Gasteiger partial charge in [-0.3, -0.25) is 14.3 Å². The van der Waals surface area contributed by atoms with Crippen LogP contribution in [0.1, 0.15) is 15.9 Å². The number of benzene rings is 2. The number of nitrogens with zero attached hydrogens (tertiary/aromatic N) is 5. The van der Waals surface area contributed by atoms with E-state index in [0.717, 1.165) is 41.7 Å². The number of aromatic nitrogens is 1. The van der Waals surface area contributed by atoms with E-state index in [1.807, 2.05) is 23.6 Å². The molecule has 4 rings (SSSR count). The first kappa shape index (κ1) is 25.9. The first-order valence-corrected chi connectivity index (χ1v) is 12.3. The fourth-order valence-corrected chi connectivity index (χ4v) is 4.78. The number of ether oxygens (including phenoxy) is 3. The van der Waals surface area contributed by atoms with Crippen molar-refractivity contribution in [2.24, 2.45) is 10.2 Å². The van der Waals surface area contributed by atoms with Gasteiger partial charge in [0.05, 0.1) is 39.1 Å². The van der Waals surface area contributed by atoms with Gasteiger partial charge in [0.2, 0.25) is 11.6 Å². The van der Waals surface area contributed by atoms with E-state index in [1.54, 1.807) is 0 Å². The fraction of sp³-hybridized carbons (Fsp3) is 0.400. The first-order valence-electron chi connectivity index (χ1n) is 11.5. The molecule has 1 saturated heterocycles. The molecule has 2 heterocycles. The number of piperazine rings is 1. The van der Waals surface area contributed by atoms with Crippen molar-refractivity contribution in [3.05, 3.63) is 39.9 Å². The zero-order valence-corrected chi connectivity index (χ0v) is 22.6. The van der Waals surface area contributed by atoms with Gasteiger partial charge in [-0.25, -0.2) is 0 Å². The lowest BCUT2D eigenvalue weighted by Gasteiger charge is -2.32. The second kappa shape index (κ2) is 10.9. The largest absolute Gasteiger partial charge is 0.493 e. The highest BCUT2D eigenvalue weighted by Gasteiger charge is 2.24. The number of rotatable bonds is 7. The van der Waals surface area contributed by atoms with E-state index in [2.05, 4.69) is 43.0 Å². The van der Waals surface area contributed by atoms with E-state index in [-0.39, 0.29) is 17.1 Å². The van der Waals surface area contributed by atoms with Crippen LogP contribution in [0.2, 0.25) is 0 Å². The zero-order valence-electron chi connectivity index (χ0n) is 21.0. The molecular formula is C25H30BrN5O5. The Kier molecular flexibility index (Phi) is 7.82. The summed E-state index contributed by atoms with van der Waals surface area (Å²) >= 11 is 3.64. The quantitative estimate of drug-likeness (QED) is 0.423. The maximum atomic E-state index is 13.0. The number of likely N-dealkylation sites (N-methyl/N-ethyl adjacent to an activating group) is 1. The summed E-state index contributed by atoms with van der Waals surface area (Å²) in [6, 6.07) is 6.96. The van der Waals surface area contributed by atoms with Crippen molar-refractivity contribution >= 4 is 38.4 Å². The number of hydrogen-bond donors (Lipinski definition) is 1. The third-order valence-electron chi connectivity index (χ3n) is 6.40. The molecule has 0 saturated carbocycles. The van der Waals surface area contributed by atoms with Crippen LogP contribution in [-0.2, 0) is 6.67 Å². The Hall–Kier alpha value is -3.15. The van der Waals surface area contributed by atoms with Gasteiger partial charge in [0.1, 0.15) is 0 Å². The smallest absolute Gasteiger partial charge is 0.295 e. The second-order valence-electron chi connectivity index (χ2n) is 8.67. The van der Waals surface area contributed by atoms with E-state index >= 15 is 0 Å². The van der Waals surface area contributed by atoms with E-state index in [0.29, 0.717) is 29.3 Å². The molecule has 192 valence electrons. The monoisotopic (exact) mass is 559 g/mol. The van der Waals surface area contributed by atoms with Crippen LogP contribution < -0.4 is 14.2 Å². The minimum absolute atomic E-state index is 0.0447. The summed E-state index contributed by atoms with van der Waals surface area (Å²) in [5.74, 6) is 0.382. The molecule has 1 aliphatic heterocycles. The van der Waals surface area contributed by atoms with Gasteiger partial charge in [-0.05, 0) is 53.7 Å². The number of methoxy groups -OCH3 is 3. The minimum atomic E-state index is -0.614. The van der Waals surface area contributed by atoms with E-state index < -0.39 is 5.91 Å². The van der Waals surface area contributed by atoms with Crippen LogP contribution >= 0.6 is 15.9 Å². The summed E-state index contributed by atoms with van der Waals surface area (Å²) in [5, 5.41) is 20.1. The van der Waals surface area contributed by atoms with Gasteiger partial charge in [0.15, 0.2) is 17.2 Å². The second-order valence-corrected chi connectivity index (χ2v) is 9.47. The lowest BCUT2D eigenvalue weighted by atomic mass is 10.1. The number of halogens is 1. The number of carbonyl (C=O) groups is 1. The topological polar surface area (TPSA) is 101 Å². The highest BCUT2D eigenvalue weighted by atomic mass is 79.9. The van der Waals surface area contributed by atoms with E-state index in [4.69, 9.17) is 14.2 Å². The summed E-state index contributed by atoms with van der Waals surface area (Å²) in [6.45, 7) is 6.15. The van der Waals surface area contributed by atoms with Gasteiger partial charge < -0.3 is 24.2 Å². The van der Waals surface area contributed by atoms with Crippen LogP contribution in [-0.4, -0.2) is 79.9 Å². The molecule has 3 aromatic rings. The third-order valence-corrected chi connectivity index (χ3v) is 7.42. The van der Waals surface area contributed by atoms with Crippen molar-refractivity contribution < 1.29 is 24.1 Å². The Morgan fingerprint density at radius 3 is 2.28 bits per heavy atom. The molecule has 1 aromatic heterocycles. The molecule has 0 radical (unpaired) electrons. The molecule has 0 bridgehead atoms. The Balaban J connectivity index is 1.73. The Morgan fingerprint density at radius 2 is 1.69 bits per heavy atom. The molecule has 11 heteroatoms. The van der Waals surface area contributed by atoms with Gasteiger partial charge in [-0.2, -0.15) is 0 Å². The number of azo groups is 1. The van der Waals surface area contributed by atoms with Crippen molar-refractivity contribution in [1.82, 2.24) is 14.4 Å². The molecule has 1 N–H and O–H groups in total. The third kappa shape index (κ3) is 4.91. The molecule has 2 aromatic carbocycles. The lowest BCUT2D eigenvalue weighted by Crippen LogP contribution is -2.44. The zero-order chi connectivity index (χ0) is 26.0. The summed E-state index contributed by atoms with van der Waals surface area (Å²) < 4.78 is 18.6. The molecule has 1 fully saturated rings. The number of aromatic hydroxyl groups is 1. The molecule has 1 aliphatic rings. The number of carbonyl (C=O) groups excluding carboxylic acids is 1. The SMILES string of the molecule is COc1cc(C(=O)N=Nc2c(O)n(CN3CCN(C)CC3)c3ccc(C)c(Br)c23)cc(OC)c1OC. The minimum Gasteiger partial charge on any atom is -0.493 e. The number of amides is 1. The van der Waals surface area contributed by atoms with Crippen LogP contribution in [0, 0.1) is 6.92 Å². The van der Waals surface area contributed by atoms with Gasteiger partial charge in [0, 0.05) is 36.0 Å². The normalized spacial score (nSPS) is 15.1. The summed E-state index contributed by atoms with van der Waals surface area (Å²) in [5.41, 5.74) is 2.23. The molecule has 0 atom stereocenters.